The number of aromatic nitrogens is 2. The zero-order chi connectivity index (χ0) is 21.8. The molecule has 31 heavy (non-hydrogen) atoms. The molecular weight excluding hydrogens is 450 g/mol. The lowest BCUT2D eigenvalue weighted by molar-refractivity contribution is 0.596. The van der Waals surface area contributed by atoms with Gasteiger partial charge in [-0.15, -0.1) is 11.3 Å². The number of nitrogens with one attached hydrogen (secondary N) is 1. The first-order valence-corrected chi connectivity index (χ1v) is 12.6. The van der Waals surface area contributed by atoms with Crippen molar-refractivity contribution in [2.24, 2.45) is 0 Å². The van der Waals surface area contributed by atoms with Crippen LogP contribution in [-0.4, -0.2) is 18.0 Å². The van der Waals surface area contributed by atoms with Gasteiger partial charge in [0.25, 0.3) is 5.56 Å². The molecule has 9 heteroatoms. The third-order valence-corrected chi connectivity index (χ3v) is 8.88. The fraction of sp³-hybridized carbons (Fsp3) is 0.182. The molecule has 2 aromatic heterocycles. The number of hydrogen-bond donors (Lipinski definition) is 2. The van der Waals surface area contributed by atoms with Crippen LogP contribution in [0.4, 0.5) is 5.69 Å². The summed E-state index contributed by atoms with van der Waals surface area (Å²) in [5.41, 5.74) is 7.64. The molecule has 0 saturated carbocycles. The number of sulfone groups is 1. The minimum absolute atomic E-state index is 0.137. The van der Waals surface area contributed by atoms with Gasteiger partial charge < -0.3 is 10.7 Å². The van der Waals surface area contributed by atoms with Crippen LogP contribution >= 0.6 is 23.6 Å². The van der Waals surface area contributed by atoms with Crippen LogP contribution in [0.5, 0.6) is 0 Å². The number of nitrogens with two attached hydrogens (primary N) is 1. The second kappa shape index (κ2) is 7.44. The van der Waals surface area contributed by atoms with E-state index in [1.807, 2.05) is 0 Å². The zero-order valence-corrected chi connectivity index (χ0v) is 18.9. The third-order valence-electron chi connectivity index (χ3n) is 5.61. The van der Waals surface area contributed by atoms with E-state index in [-0.39, 0.29) is 15.4 Å². The van der Waals surface area contributed by atoms with Crippen molar-refractivity contribution in [2.45, 2.75) is 35.5 Å². The molecule has 2 heterocycles. The maximum atomic E-state index is 13.4. The van der Waals surface area contributed by atoms with E-state index in [4.69, 9.17) is 18.0 Å². The van der Waals surface area contributed by atoms with Crippen molar-refractivity contribution < 1.29 is 8.42 Å². The average Bonchev–Trinajstić information content (AvgIpc) is 3.12. The lowest BCUT2D eigenvalue weighted by Gasteiger charge is -2.11. The Kier molecular flexibility index (Phi) is 4.84. The number of benzene rings is 2. The molecule has 0 bridgehead atoms. The summed E-state index contributed by atoms with van der Waals surface area (Å²) in [6.07, 6.45) is 4.10. The predicted octanol–water partition coefficient (Wildman–Crippen LogP) is 4.40. The smallest absolute Gasteiger partial charge is 0.267 e. The van der Waals surface area contributed by atoms with E-state index in [0.29, 0.717) is 21.5 Å². The Bertz CT molecular complexity index is 1530. The maximum absolute atomic E-state index is 13.4. The standard InChI is InChI=1S/C22H19N3O3S3/c23-13-5-9-15(10-6-13)31(27,28)16-11-7-14(8-12-16)25-21(26)19-17-3-1-2-4-18(17)30-20(19)24-22(25)29/h5-12H,1-4,23H2,(H,24,29). The SMILES string of the molecule is Nc1ccc(S(=O)(=O)c2ccc(-n3c(=S)[nH]c4sc5c(c4c3=O)CCCC5)cc2)cc1. The summed E-state index contributed by atoms with van der Waals surface area (Å²) in [6, 6.07) is 12.3. The van der Waals surface area contributed by atoms with E-state index in [9.17, 15) is 13.2 Å². The van der Waals surface area contributed by atoms with Gasteiger partial charge in [0.2, 0.25) is 9.84 Å². The molecule has 0 atom stereocenters. The summed E-state index contributed by atoms with van der Waals surface area (Å²) in [4.78, 5) is 18.9. The summed E-state index contributed by atoms with van der Waals surface area (Å²) in [7, 11) is -3.69. The lowest BCUT2D eigenvalue weighted by Crippen LogP contribution is -2.21. The van der Waals surface area contributed by atoms with E-state index in [2.05, 4.69) is 4.98 Å². The number of rotatable bonds is 3. The van der Waals surface area contributed by atoms with Gasteiger partial charge in [-0.25, -0.2) is 8.42 Å². The summed E-state index contributed by atoms with van der Waals surface area (Å²) in [6.45, 7) is 0. The van der Waals surface area contributed by atoms with Crippen LogP contribution in [-0.2, 0) is 22.7 Å². The summed E-state index contributed by atoms with van der Waals surface area (Å²) in [5, 5.41) is 0.701. The van der Waals surface area contributed by atoms with Crippen molar-refractivity contribution in [3.05, 3.63) is 74.1 Å². The number of aryl methyl sites for hydroxylation is 2. The minimum Gasteiger partial charge on any atom is -0.399 e. The highest BCUT2D eigenvalue weighted by Crippen LogP contribution is 2.34. The van der Waals surface area contributed by atoms with Gasteiger partial charge >= 0.3 is 0 Å². The number of H-pyrrole nitrogens is 1. The van der Waals surface area contributed by atoms with E-state index in [0.717, 1.165) is 36.1 Å². The fourth-order valence-corrected chi connectivity index (χ4v) is 6.93. The largest absolute Gasteiger partial charge is 0.399 e. The third kappa shape index (κ3) is 3.33. The van der Waals surface area contributed by atoms with Crippen LogP contribution < -0.4 is 11.3 Å². The second-order valence-electron chi connectivity index (χ2n) is 7.55. The monoisotopic (exact) mass is 469 g/mol. The Morgan fingerprint density at radius 2 is 1.58 bits per heavy atom. The molecule has 0 saturated heterocycles. The van der Waals surface area contributed by atoms with Crippen LogP contribution in [0.15, 0.2) is 63.1 Å². The first-order valence-electron chi connectivity index (χ1n) is 9.87. The molecule has 1 aliphatic rings. The van der Waals surface area contributed by atoms with Crippen molar-refractivity contribution in [2.75, 3.05) is 5.73 Å². The number of fused-ring (bicyclic) bond motifs is 3. The van der Waals surface area contributed by atoms with Crippen molar-refractivity contribution in [1.29, 1.82) is 0 Å². The molecule has 3 N–H and O–H groups in total. The van der Waals surface area contributed by atoms with Crippen molar-refractivity contribution in [3.8, 4) is 5.69 Å². The number of thiophene rings is 1. The minimum atomic E-state index is -3.69. The molecule has 6 nitrogen and oxygen atoms in total. The predicted molar refractivity (Wildman–Crippen MR) is 126 cm³/mol. The van der Waals surface area contributed by atoms with Gasteiger partial charge in [0.1, 0.15) is 4.83 Å². The Labute approximate surface area is 187 Å². The van der Waals surface area contributed by atoms with Crippen LogP contribution in [0, 0.1) is 4.77 Å². The number of nitrogens with zero attached hydrogens (tertiary/aromatic N) is 1. The number of aromatic amines is 1. The Morgan fingerprint density at radius 3 is 2.26 bits per heavy atom. The van der Waals surface area contributed by atoms with Crippen LogP contribution in [0.3, 0.4) is 0 Å². The Hall–Kier alpha value is -2.75. The summed E-state index contributed by atoms with van der Waals surface area (Å²) < 4.78 is 27.5. The van der Waals surface area contributed by atoms with Gasteiger partial charge in [-0.2, -0.15) is 0 Å². The molecule has 0 aliphatic heterocycles. The molecule has 0 radical (unpaired) electrons. The summed E-state index contributed by atoms with van der Waals surface area (Å²) in [5.74, 6) is 0. The fourth-order valence-electron chi connectivity index (χ4n) is 4.03. The highest BCUT2D eigenvalue weighted by molar-refractivity contribution is 7.91. The van der Waals surface area contributed by atoms with Crippen molar-refractivity contribution >= 4 is 49.3 Å². The van der Waals surface area contributed by atoms with Crippen molar-refractivity contribution in [3.63, 3.8) is 0 Å². The van der Waals surface area contributed by atoms with E-state index in [1.165, 1.54) is 33.7 Å². The van der Waals surface area contributed by atoms with Gasteiger partial charge in [0, 0.05) is 10.6 Å². The molecular formula is C22H19N3O3S3. The summed E-state index contributed by atoms with van der Waals surface area (Å²) >= 11 is 7.08. The molecule has 5 rings (SSSR count). The molecule has 0 fully saturated rings. The molecule has 1 aliphatic carbocycles. The van der Waals surface area contributed by atoms with Gasteiger partial charge in [-0.05, 0) is 92.0 Å². The number of nitrogen functional groups attached to an aromatic ring is 1. The van der Waals surface area contributed by atoms with Crippen LogP contribution in [0.1, 0.15) is 23.3 Å². The van der Waals surface area contributed by atoms with Gasteiger partial charge in [-0.3, -0.25) is 9.36 Å². The Morgan fingerprint density at radius 1 is 0.968 bits per heavy atom. The van der Waals surface area contributed by atoms with E-state index < -0.39 is 9.84 Å². The quantitative estimate of drug-likeness (QED) is 0.342. The normalized spacial score (nSPS) is 13.9. The first kappa shape index (κ1) is 20.2. The van der Waals surface area contributed by atoms with Crippen LogP contribution in [0.2, 0.25) is 0 Å². The molecule has 4 aromatic rings. The lowest BCUT2D eigenvalue weighted by atomic mass is 9.97. The molecule has 0 amide bonds. The number of hydrogen-bond acceptors (Lipinski definition) is 6. The highest BCUT2D eigenvalue weighted by Gasteiger charge is 2.21. The molecule has 2 aromatic carbocycles. The second-order valence-corrected chi connectivity index (χ2v) is 11.0. The Balaban J connectivity index is 1.61. The van der Waals surface area contributed by atoms with Crippen molar-refractivity contribution in [1.82, 2.24) is 9.55 Å². The maximum Gasteiger partial charge on any atom is 0.267 e. The molecule has 0 spiro atoms. The number of anilines is 1. The van der Waals surface area contributed by atoms with Gasteiger partial charge in [0.15, 0.2) is 4.77 Å². The topological polar surface area (TPSA) is 97.9 Å². The molecule has 0 unspecified atom stereocenters. The highest BCUT2D eigenvalue weighted by atomic mass is 32.2. The van der Waals surface area contributed by atoms with E-state index in [1.54, 1.807) is 35.6 Å². The molecule has 158 valence electrons. The zero-order valence-electron chi connectivity index (χ0n) is 16.4. The van der Waals surface area contributed by atoms with Crippen LogP contribution in [0.25, 0.3) is 15.9 Å². The van der Waals surface area contributed by atoms with Gasteiger partial charge in [0.05, 0.1) is 20.9 Å². The van der Waals surface area contributed by atoms with Gasteiger partial charge in [-0.1, -0.05) is 0 Å². The first-order chi connectivity index (χ1) is 14.9. The van der Waals surface area contributed by atoms with E-state index >= 15 is 0 Å². The average molecular weight is 470 g/mol.